The highest BCUT2D eigenvalue weighted by Crippen LogP contribution is 2.21. The fraction of sp³-hybridized carbons (Fsp3) is 0.333. The monoisotopic (exact) mass is 310 g/mol. The van der Waals surface area contributed by atoms with Crippen molar-refractivity contribution >= 4 is 5.65 Å². The highest BCUT2D eigenvalue weighted by Gasteiger charge is 2.18. The Morgan fingerprint density at radius 2 is 2.00 bits per heavy atom. The molecule has 0 aliphatic carbocycles. The first kappa shape index (κ1) is 14.3. The maximum absolute atomic E-state index is 13.5. The number of nitrogens with zero attached hydrogens (tertiary/aromatic N) is 4. The van der Waals surface area contributed by atoms with E-state index in [0.717, 1.165) is 36.4 Å². The number of piperidine rings is 1. The lowest BCUT2D eigenvalue weighted by molar-refractivity contribution is 0.133. The van der Waals surface area contributed by atoms with Crippen LogP contribution in [0, 0.1) is 0 Å². The van der Waals surface area contributed by atoms with Crippen molar-refractivity contribution in [2.45, 2.75) is 25.6 Å². The summed E-state index contributed by atoms with van der Waals surface area (Å²) in [5.74, 6) is 0. The van der Waals surface area contributed by atoms with Crippen molar-refractivity contribution in [3.05, 3.63) is 54.4 Å². The molecular formula is C18H19FN4. The Balaban J connectivity index is 1.55. The molecule has 0 saturated carbocycles. The van der Waals surface area contributed by atoms with Gasteiger partial charge >= 0.3 is 0 Å². The smallest absolute Gasteiger partial charge is 0.155 e. The Labute approximate surface area is 134 Å². The van der Waals surface area contributed by atoms with Crippen molar-refractivity contribution in [2.75, 3.05) is 13.1 Å². The molecule has 23 heavy (non-hydrogen) atoms. The third-order valence-corrected chi connectivity index (χ3v) is 4.41. The number of rotatable bonds is 3. The summed E-state index contributed by atoms with van der Waals surface area (Å²) in [7, 11) is 0. The lowest BCUT2D eigenvalue weighted by atomic mass is 10.1. The SMILES string of the molecule is FC1CCCN(Cc2ccc(-c3cccc4ncnn34)cc2)C1. The van der Waals surface area contributed by atoms with Gasteiger partial charge in [-0.05, 0) is 37.1 Å². The van der Waals surface area contributed by atoms with Crippen molar-refractivity contribution < 1.29 is 4.39 Å². The van der Waals surface area contributed by atoms with Gasteiger partial charge in [-0.2, -0.15) is 5.10 Å². The van der Waals surface area contributed by atoms with Gasteiger partial charge in [-0.15, -0.1) is 0 Å². The first-order valence-corrected chi connectivity index (χ1v) is 8.04. The summed E-state index contributed by atoms with van der Waals surface area (Å²) in [5.41, 5.74) is 4.18. The maximum Gasteiger partial charge on any atom is 0.155 e. The summed E-state index contributed by atoms with van der Waals surface area (Å²) in [6.07, 6.45) is 2.55. The fourth-order valence-corrected chi connectivity index (χ4v) is 3.25. The standard InChI is InChI=1S/C18H19FN4/c19-16-3-2-10-22(12-16)11-14-6-8-15(9-7-14)17-4-1-5-18-20-13-21-23(17)18/h1,4-9,13,16H,2-3,10-12H2. The Morgan fingerprint density at radius 3 is 2.83 bits per heavy atom. The third-order valence-electron chi connectivity index (χ3n) is 4.41. The molecule has 1 aromatic carbocycles. The Bertz CT molecular complexity index is 796. The number of hydrogen-bond donors (Lipinski definition) is 0. The van der Waals surface area contributed by atoms with Crippen molar-refractivity contribution in [1.82, 2.24) is 19.5 Å². The normalized spacial score (nSPS) is 19.3. The Hall–Kier alpha value is -2.27. The summed E-state index contributed by atoms with van der Waals surface area (Å²) in [6, 6.07) is 14.4. The number of fused-ring (bicyclic) bond motifs is 1. The molecule has 0 bridgehead atoms. The molecule has 4 rings (SSSR count). The van der Waals surface area contributed by atoms with Gasteiger partial charge in [-0.3, -0.25) is 4.90 Å². The van der Waals surface area contributed by atoms with Crippen LogP contribution in [-0.2, 0) is 6.54 Å². The van der Waals surface area contributed by atoms with Crippen LogP contribution in [0.4, 0.5) is 4.39 Å². The summed E-state index contributed by atoms with van der Waals surface area (Å²) in [6.45, 7) is 2.36. The first-order chi connectivity index (χ1) is 11.3. The van der Waals surface area contributed by atoms with Gasteiger partial charge in [0.05, 0.1) is 5.69 Å². The van der Waals surface area contributed by atoms with Crippen LogP contribution in [0.1, 0.15) is 18.4 Å². The predicted octanol–water partition coefficient (Wildman–Crippen LogP) is 3.33. The van der Waals surface area contributed by atoms with Gasteiger partial charge in [0.15, 0.2) is 5.65 Å². The van der Waals surface area contributed by atoms with E-state index in [1.165, 1.54) is 5.56 Å². The van der Waals surface area contributed by atoms with E-state index in [0.29, 0.717) is 13.0 Å². The molecule has 3 aromatic rings. The summed E-state index contributed by atoms with van der Waals surface area (Å²) < 4.78 is 15.3. The van der Waals surface area contributed by atoms with Crippen LogP contribution in [0.15, 0.2) is 48.8 Å². The van der Waals surface area contributed by atoms with E-state index in [-0.39, 0.29) is 0 Å². The summed E-state index contributed by atoms with van der Waals surface area (Å²) >= 11 is 0. The average Bonchev–Trinajstić information content (AvgIpc) is 3.04. The average molecular weight is 310 g/mol. The van der Waals surface area contributed by atoms with Crippen LogP contribution in [0.3, 0.4) is 0 Å². The van der Waals surface area contributed by atoms with E-state index in [9.17, 15) is 4.39 Å². The van der Waals surface area contributed by atoms with Crippen molar-refractivity contribution in [3.63, 3.8) is 0 Å². The Kier molecular flexibility index (Phi) is 3.79. The molecule has 4 nitrogen and oxygen atoms in total. The number of aromatic nitrogens is 3. The Morgan fingerprint density at radius 1 is 1.13 bits per heavy atom. The highest BCUT2D eigenvalue weighted by atomic mass is 19.1. The minimum Gasteiger partial charge on any atom is -0.296 e. The van der Waals surface area contributed by atoms with Gasteiger partial charge in [0, 0.05) is 18.7 Å². The van der Waals surface area contributed by atoms with E-state index in [1.54, 1.807) is 6.33 Å². The first-order valence-electron chi connectivity index (χ1n) is 8.04. The number of alkyl halides is 1. The molecule has 0 radical (unpaired) electrons. The summed E-state index contributed by atoms with van der Waals surface area (Å²) in [5, 5.41) is 4.28. The molecule has 1 saturated heterocycles. The fourth-order valence-electron chi connectivity index (χ4n) is 3.25. The summed E-state index contributed by atoms with van der Waals surface area (Å²) in [4.78, 5) is 6.41. The van der Waals surface area contributed by atoms with Gasteiger partial charge in [0.1, 0.15) is 12.5 Å². The molecule has 0 spiro atoms. The number of likely N-dealkylation sites (tertiary alicyclic amines) is 1. The van der Waals surface area contributed by atoms with E-state index in [4.69, 9.17) is 0 Å². The quantitative estimate of drug-likeness (QED) is 0.744. The van der Waals surface area contributed by atoms with Crippen molar-refractivity contribution in [2.24, 2.45) is 0 Å². The molecule has 1 unspecified atom stereocenters. The van der Waals surface area contributed by atoms with E-state index in [1.807, 2.05) is 22.7 Å². The van der Waals surface area contributed by atoms with Gasteiger partial charge in [0.25, 0.3) is 0 Å². The molecule has 5 heteroatoms. The van der Waals surface area contributed by atoms with Crippen LogP contribution in [-0.4, -0.2) is 38.8 Å². The molecular weight excluding hydrogens is 291 g/mol. The number of hydrogen-bond acceptors (Lipinski definition) is 3. The zero-order chi connectivity index (χ0) is 15.6. The van der Waals surface area contributed by atoms with Crippen molar-refractivity contribution in [1.29, 1.82) is 0 Å². The predicted molar refractivity (Wildman–Crippen MR) is 87.8 cm³/mol. The molecule has 1 aliphatic heterocycles. The van der Waals surface area contributed by atoms with E-state index in [2.05, 4.69) is 39.2 Å². The van der Waals surface area contributed by atoms with Crippen LogP contribution < -0.4 is 0 Å². The highest BCUT2D eigenvalue weighted by molar-refractivity contribution is 5.63. The van der Waals surface area contributed by atoms with Gasteiger partial charge in [-0.1, -0.05) is 30.3 Å². The van der Waals surface area contributed by atoms with Gasteiger partial charge < -0.3 is 0 Å². The molecule has 1 atom stereocenters. The topological polar surface area (TPSA) is 33.4 Å². The number of halogens is 1. The van der Waals surface area contributed by atoms with Crippen LogP contribution in [0.25, 0.3) is 16.9 Å². The second-order valence-electron chi connectivity index (χ2n) is 6.11. The van der Waals surface area contributed by atoms with Crippen LogP contribution >= 0.6 is 0 Å². The van der Waals surface area contributed by atoms with Crippen molar-refractivity contribution in [3.8, 4) is 11.3 Å². The third kappa shape index (κ3) is 2.97. The molecule has 118 valence electrons. The zero-order valence-corrected chi connectivity index (χ0v) is 12.9. The minimum atomic E-state index is -0.673. The van der Waals surface area contributed by atoms with E-state index < -0.39 is 6.17 Å². The molecule has 0 N–H and O–H groups in total. The lowest BCUT2D eigenvalue weighted by Gasteiger charge is -2.28. The lowest BCUT2D eigenvalue weighted by Crippen LogP contribution is -2.35. The molecule has 1 fully saturated rings. The minimum absolute atomic E-state index is 0.556. The second kappa shape index (κ2) is 6.08. The second-order valence-corrected chi connectivity index (χ2v) is 6.11. The largest absolute Gasteiger partial charge is 0.296 e. The zero-order valence-electron chi connectivity index (χ0n) is 12.9. The van der Waals surface area contributed by atoms with Crippen LogP contribution in [0.5, 0.6) is 0 Å². The van der Waals surface area contributed by atoms with E-state index >= 15 is 0 Å². The number of benzene rings is 1. The molecule has 1 aliphatic rings. The van der Waals surface area contributed by atoms with Gasteiger partial charge in [-0.25, -0.2) is 13.9 Å². The van der Waals surface area contributed by atoms with Gasteiger partial charge in [0.2, 0.25) is 0 Å². The molecule has 2 aromatic heterocycles. The maximum atomic E-state index is 13.5. The molecule has 3 heterocycles. The van der Waals surface area contributed by atoms with Crippen LogP contribution in [0.2, 0.25) is 0 Å². The molecule has 0 amide bonds. The number of pyridine rings is 1.